The van der Waals surface area contributed by atoms with E-state index in [0.717, 1.165) is 6.07 Å². The monoisotopic (exact) mass is 425 g/mol. The quantitative estimate of drug-likeness (QED) is 0.485. The van der Waals surface area contributed by atoms with Gasteiger partial charge in [-0.25, -0.2) is 17.8 Å². The number of rotatable bonds is 7. The molecule has 0 atom stereocenters. The Morgan fingerprint density at radius 3 is 2.61 bits per heavy atom. The van der Waals surface area contributed by atoms with Gasteiger partial charge in [-0.15, -0.1) is 0 Å². The first-order chi connectivity index (χ1) is 13.2. The summed E-state index contributed by atoms with van der Waals surface area (Å²) in [5, 5.41) is -0.341. The van der Waals surface area contributed by atoms with Gasteiger partial charge in [0.1, 0.15) is 11.0 Å². The van der Waals surface area contributed by atoms with Crippen LogP contribution in [-0.2, 0) is 9.84 Å². The highest BCUT2D eigenvalue weighted by molar-refractivity contribution is 7.92. The fraction of sp³-hybridized carbons (Fsp3) is 0.400. The van der Waals surface area contributed by atoms with Crippen molar-refractivity contribution in [2.24, 2.45) is 5.92 Å². The second-order valence-corrected chi connectivity index (χ2v) is 9.77. The number of nitrogens with zero attached hydrogens (tertiary/aromatic N) is 1. The van der Waals surface area contributed by atoms with Crippen molar-refractivity contribution >= 4 is 27.2 Å². The molecule has 0 spiro atoms. The van der Waals surface area contributed by atoms with E-state index in [1.54, 1.807) is 6.92 Å². The summed E-state index contributed by atoms with van der Waals surface area (Å²) in [4.78, 5) is 16.3. The van der Waals surface area contributed by atoms with Crippen molar-refractivity contribution in [2.45, 2.75) is 42.8 Å². The van der Waals surface area contributed by atoms with Gasteiger partial charge in [0.15, 0.2) is 15.6 Å². The molecule has 1 aliphatic rings. The first kappa shape index (κ1) is 20.7. The molecule has 1 aromatic carbocycles. The molecular weight excluding hydrogens is 405 g/mol. The predicted molar refractivity (Wildman–Crippen MR) is 104 cm³/mol. The normalized spacial score (nSPS) is 19.1. The standard InChI is InChI=1S/C20H21ClFNO4S/c1-12-5-15(22)11-16(6-12)28(25,26)17-7-13(8-17)3-4-18(24)14-9-19(21)23-20(10-14)27-2/h5-6,9-11,13,17H,3-4,7-8H2,1-2H3. The van der Waals surface area contributed by atoms with Gasteiger partial charge in [0, 0.05) is 18.1 Å². The summed E-state index contributed by atoms with van der Waals surface area (Å²) < 4.78 is 43.9. The van der Waals surface area contributed by atoms with E-state index in [0.29, 0.717) is 36.8 Å². The highest BCUT2D eigenvalue weighted by atomic mass is 35.5. The third-order valence-corrected chi connectivity index (χ3v) is 7.41. The molecule has 5 nitrogen and oxygen atoms in total. The summed E-state index contributed by atoms with van der Waals surface area (Å²) in [6, 6.07) is 6.89. The maximum atomic E-state index is 13.5. The number of pyridine rings is 1. The number of sulfone groups is 1. The molecule has 3 rings (SSSR count). The number of methoxy groups -OCH3 is 1. The smallest absolute Gasteiger partial charge is 0.215 e. The number of carbonyl (C=O) groups is 1. The van der Waals surface area contributed by atoms with Crippen LogP contribution in [0.3, 0.4) is 0 Å². The summed E-state index contributed by atoms with van der Waals surface area (Å²) in [7, 11) is -2.11. The number of ether oxygens (including phenoxy) is 1. The van der Waals surface area contributed by atoms with Gasteiger partial charge in [-0.05, 0) is 61.9 Å². The van der Waals surface area contributed by atoms with Crippen LogP contribution in [0.4, 0.5) is 4.39 Å². The zero-order chi connectivity index (χ0) is 20.5. The zero-order valence-corrected chi connectivity index (χ0v) is 17.2. The number of halogens is 2. The first-order valence-electron chi connectivity index (χ1n) is 8.95. The molecule has 0 unspecified atom stereocenters. The van der Waals surface area contributed by atoms with Crippen LogP contribution in [0.15, 0.2) is 35.2 Å². The highest BCUT2D eigenvalue weighted by Gasteiger charge is 2.39. The van der Waals surface area contributed by atoms with Crippen LogP contribution < -0.4 is 4.74 Å². The summed E-state index contributed by atoms with van der Waals surface area (Å²) in [6.07, 6.45) is 1.84. The maximum Gasteiger partial charge on any atom is 0.215 e. The summed E-state index contributed by atoms with van der Waals surface area (Å²) >= 11 is 5.89. The van der Waals surface area contributed by atoms with Crippen molar-refractivity contribution in [3.63, 3.8) is 0 Å². The number of hydrogen-bond acceptors (Lipinski definition) is 5. The van der Waals surface area contributed by atoms with Gasteiger partial charge in [0.25, 0.3) is 0 Å². The van der Waals surface area contributed by atoms with Crippen LogP contribution in [0.25, 0.3) is 0 Å². The molecule has 0 amide bonds. The van der Waals surface area contributed by atoms with E-state index < -0.39 is 20.9 Å². The average molecular weight is 426 g/mol. The van der Waals surface area contributed by atoms with E-state index in [1.165, 1.54) is 31.4 Å². The summed E-state index contributed by atoms with van der Waals surface area (Å²) in [5.41, 5.74) is 1.00. The van der Waals surface area contributed by atoms with Gasteiger partial charge in [-0.1, -0.05) is 11.6 Å². The Hall–Kier alpha value is -1.99. The molecule has 28 heavy (non-hydrogen) atoms. The lowest BCUT2D eigenvalue weighted by Crippen LogP contribution is -2.36. The number of ketones is 1. The van der Waals surface area contributed by atoms with Crippen molar-refractivity contribution in [3.05, 3.63) is 52.4 Å². The molecule has 2 aromatic rings. The van der Waals surface area contributed by atoms with Gasteiger partial charge < -0.3 is 4.74 Å². The van der Waals surface area contributed by atoms with Crippen LogP contribution in [0, 0.1) is 18.7 Å². The van der Waals surface area contributed by atoms with Gasteiger partial charge in [0.2, 0.25) is 5.88 Å². The number of benzene rings is 1. The molecule has 1 aliphatic carbocycles. The molecule has 0 saturated heterocycles. The molecule has 0 bridgehead atoms. The van der Waals surface area contributed by atoms with Gasteiger partial charge in [-0.2, -0.15) is 0 Å². The molecule has 1 fully saturated rings. The van der Waals surface area contributed by atoms with Crippen molar-refractivity contribution in [2.75, 3.05) is 7.11 Å². The van der Waals surface area contributed by atoms with Crippen molar-refractivity contribution in [1.82, 2.24) is 4.98 Å². The van der Waals surface area contributed by atoms with E-state index in [4.69, 9.17) is 16.3 Å². The number of carbonyl (C=O) groups excluding carboxylic acids is 1. The second kappa shape index (κ2) is 8.17. The lowest BCUT2D eigenvalue weighted by molar-refractivity contribution is 0.0965. The molecule has 1 saturated carbocycles. The molecule has 1 heterocycles. The molecule has 0 radical (unpaired) electrons. The van der Waals surface area contributed by atoms with E-state index in [9.17, 15) is 17.6 Å². The van der Waals surface area contributed by atoms with Crippen LogP contribution >= 0.6 is 11.6 Å². The third kappa shape index (κ3) is 4.52. The SMILES string of the molecule is COc1cc(C(=O)CCC2CC(S(=O)(=O)c3cc(C)cc(F)c3)C2)cc(Cl)n1. The lowest BCUT2D eigenvalue weighted by Gasteiger charge is -2.34. The summed E-state index contributed by atoms with van der Waals surface area (Å²) in [6.45, 7) is 1.66. The molecule has 0 aliphatic heterocycles. The predicted octanol–water partition coefficient (Wildman–Crippen LogP) is 4.41. The Morgan fingerprint density at radius 1 is 1.25 bits per heavy atom. The third-order valence-electron chi connectivity index (χ3n) is 5.06. The number of Topliss-reactive ketones (excluding diaryl/α,β-unsaturated/α-hetero) is 1. The fourth-order valence-electron chi connectivity index (χ4n) is 3.44. The van der Waals surface area contributed by atoms with E-state index in [2.05, 4.69) is 4.98 Å². The summed E-state index contributed by atoms with van der Waals surface area (Å²) in [5.74, 6) is -0.213. The minimum atomic E-state index is -3.55. The molecule has 1 aromatic heterocycles. The molecule has 150 valence electrons. The van der Waals surface area contributed by atoms with Crippen LogP contribution in [0.2, 0.25) is 5.15 Å². The second-order valence-electron chi connectivity index (χ2n) is 7.15. The van der Waals surface area contributed by atoms with Gasteiger partial charge >= 0.3 is 0 Å². The van der Waals surface area contributed by atoms with Crippen molar-refractivity contribution in [1.29, 1.82) is 0 Å². The molecule has 8 heteroatoms. The first-order valence-corrected chi connectivity index (χ1v) is 10.9. The largest absolute Gasteiger partial charge is 0.481 e. The maximum absolute atomic E-state index is 13.5. The minimum Gasteiger partial charge on any atom is -0.481 e. The lowest BCUT2D eigenvalue weighted by atomic mass is 9.81. The van der Waals surface area contributed by atoms with E-state index >= 15 is 0 Å². The minimum absolute atomic E-state index is 0.0306. The van der Waals surface area contributed by atoms with E-state index in [-0.39, 0.29) is 27.6 Å². The Labute approximate surface area is 168 Å². The average Bonchev–Trinajstić information content (AvgIpc) is 2.58. The van der Waals surface area contributed by atoms with Crippen molar-refractivity contribution < 1.29 is 22.3 Å². The van der Waals surface area contributed by atoms with Crippen molar-refractivity contribution in [3.8, 4) is 5.88 Å². The van der Waals surface area contributed by atoms with Crippen LogP contribution in [0.5, 0.6) is 5.88 Å². The number of aryl methyl sites for hydroxylation is 1. The highest BCUT2D eigenvalue weighted by Crippen LogP contribution is 2.39. The topological polar surface area (TPSA) is 73.3 Å². The Balaban J connectivity index is 1.57. The number of hydrogen-bond donors (Lipinski definition) is 0. The zero-order valence-electron chi connectivity index (χ0n) is 15.6. The molecular formula is C20H21ClFNO4S. The van der Waals surface area contributed by atoms with Crippen LogP contribution in [0.1, 0.15) is 41.6 Å². The van der Waals surface area contributed by atoms with Gasteiger partial charge in [-0.3, -0.25) is 4.79 Å². The van der Waals surface area contributed by atoms with Crippen LogP contribution in [-0.4, -0.2) is 31.5 Å². The fourth-order valence-corrected chi connectivity index (χ4v) is 5.70. The van der Waals surface area contributed by atoms with E-state index in [1.807, 2.05) is 0 Å². The Kier molecular flexibility index (Phi) is 6.05. The Bertz CT molecular complexity index is 983. The van der Waals surface area contributed by atoms with Gasteiger partial charge in [0.05, 0.1) is 17.3 Å². The number of aromatic nitrogens is 1. The Morgan fingerprint density at radius 2 is 1.96 bits per heavy atom. The molecule has 0 N–H and O–H groups in total.